The van der Waals surface area contributed by atoms with Gasteiger partial charge >= 0.3 is 12.0 Å². The highest BCUT2D eigenvalue weighted by molar-refractivity contribution is 6.30. The molecule has 0 saturated heterocycles. The standard InChI is InChI=1S/C21H19ClN4O3/c1-2-29-20(27)18-16(11-26-12-23-15-5-3-4-6-17(15)26)24-21(28)25-19(18)13-7-9-14(22)10-8-13/h3-10,12,19H,2,11H2,1H3,(H2,24,25,28). The van der Waals surface area contributed by atoms with Gasteiger partial charge in [-0.2, -0.15) is 0 Å². The number of aromatic nitrogens is 2. The van der Waals surface area contributed by atoms with E-state index >= 15 is 0 Å². The van der Waals surface area contributed by atoms with Gasteiger partial charge in [0.1, 0.15) is 0 Å². The molecule has 2 amide bonds. The fraction of sp³-hybridized carbons (Fsp3) is 0.190. The lowest BCUT2D eigenvalue weighted by Gasteiger charge is -2.29. The minimum Gasteiger partial charge on any atom is -0.463 e. The van der Waals surface area contributed by atoms with Crippen LogP contribution in [0.15, 0.2) is 66.1 Å². The Morgan fingerprint density at radius 1 is 1.21 bits per heavy atom. The number of allylic oxidation sites excluding steroid dienone is 1. The average Bonchev–Trinajstić information content (AvgIpc) is 3.11. The molecule has 148 valence electrons. The minimum absolute atomic E-state index is 0.227. The van der Waals surface area contributed by atoms with Crippen molar-refractivity contribution in [3.05, 3.63) is 76.7 Å². The summed E-state index contributed by atoms with van der Waals surface area (Å²) in [5.74, 6) is -0.487. The molecular formula is C21H19ClN4O3. The molecule has 7 nitrogen and oxygen atoms in total. The van der Waals surface area contributed by atoms with Crippen molar-refractivity contribution in [3.63, 3.8) is 0 Å². The van der Waals surface area contributed by atoms with Crippen molar-refractivity contribution in [2.75, 3.05) is 6.61 Å². The van der Waals surface area contributed by atoms with Crippen LogP contribution in [0.2, 0.25) is 5.02 Å². The fourth-order valence-corrected chi connectivity index (χ4v) is 3.53. The number of hydrogen-bond donors (Lipinski definition) is 2. The lowest BCUT2D eigenvalue weighted by atomic mass is 9.95. The number of nitrogens with one attached hydrogen (secondary N) is 2. The Kier molecular flexibility index (Phi) is 5.22. The van der Waals surface area contributed by atoms with Crippen LogP contribution in [0.5, 0.6) is 0 Å². The first-order chi connectivity index (χ1) is 14.1. The summed E-state index contributed by atoms with van der Waals surface area (Å²) in [5, 5.41) is 6.16. The number of rotatable bonds is 5. The number of amides is 2. The molecule has 1 aliphatic rings. The molecule has 4 rings (SSSR count). The Morgan fingerprint density at radius 3 is 2.72 bits per heavy atom. The number of imidazole rings is 1. The third-order valence-electron chi connectivity index (χ3n) is 4.71. The number of benzene rings is 2. The van der Waals surface area contributed by atoms with Gasteiger partial charge in [-0.1, -0.05) is 35.9 Å². The summed E-state index contributed by atoms with van der Waals surface area (Å²) in [6.45, 7) is 2.24. The second-order valence-electron chi connectivity index (χ2n) is 6.56. The number of para-hydroxylation sites is 2. The van der Waals surface area contributed by atoms with Gasteiger partial charge in [-0.3, -0.25) is 0 Å². The lowest BCUT2D eigenvalue weighted by Crippen LogP contribution is -2.46. The number of nitrogens with zero attached hydrogens (tertiary/aromatic N) is 2. The number of fused-ring (bicyclic) bond motifs is 1. The lowest BCUT2D eigenvalue weighted by molar-refractivity contribution is -0.139. The van der Waals surface area contributed by atoms with Crippen molar-refractivity contribution < 1.29 is 14.3 Å². The van der Waals surface area contributed by atoms with E-state index in [0.717, 1.165) is 16.6 Å². The fourth-order valence-electron chi connectivity index (χ4n) is 3.40. The molecule has 1 unspecified atom stereocenters. The van der Waals surface area contributed by atoms with E-state index in [9.17, 15) is 9.59 Å². The average molecular weight is 411 g/mol. The van der Waals surface area contributed by atoms with E-state index in [4.69, 9.17) is 16.3 Å². The molecule has 2 heterocycles. The maximum absolute atomic E-state index is 12.8. The Labute approximate surface area is 172 Å². The smallest absolute Gasteiger partial charge is 0.338 e. The van der Waals surface area contributed by atoms with E-state index in [0.29, 0.717) is 16.3 Å². The van der Waals surface area contributed by atoms with Crippen molar-refractivity contribution >= 4 is 34.6 Å². The van der Waals surface area contributed by atoms with E-state index in [-0.39, 0.29) is 13.2 Å². The molecule has 0 fully saturated rings. The molecule has 0 radical (unpaired) electrons. The van der Waals surface area contributed by atoms with Crippen molar-refractivity contribution in [3.8, 4) is 0 Å². The Hall–Kier alpha value is -3.32. The van der Waals surface area contributed by atoms with Gasteiger partial charge in [0.05, 0.1) is 47.8 Å². The molecule has 29 heavy (non-hydrogen) atoms. The summed E-state index contributed by atoms with van der Waals surface area (Å²) in [6.07, 6.45) is 1.69. The highest BCUT2D eigenvalue weighted by Gasteiger charge is 2.33. The van der Waals surface area contributed by atoms with E-state index in [1.807, 2.05) is 28.8 Å². The first kappa shape index (κ1) is 19.0. The first-order valence-electron chi connectivity index (χ1n) is 9.20. The van der Waals surface area contributed by atoms with Crippen LogP contribution in [0.1, 0.15) is 18.5 Å². The van der Waals surface area contributed by atoms with Crippen LogP contribution >= 0.6 is 11.6 Å². The summed E-state index contributed by atoms with van der Waals surface area (Å²) in [5.41, 5.74) is 3.29. The van der Waals surface area contributed by atoms with Crippen molar-refractivity contribution in [1.82, 2.24) is 20.2 Å². The Balaban J connectivity index is 1.80. The third-order valence-corrected chi connectivity index (χ3v) is 4.96. The summed E-state index contributed by atoms with van der Waals surface area (Å²) < 4.78 is 7.17. The second kappa shape index (κ2) is 7.97. The Morgan fingerprint density at radius 2 is 1.97 bits per heavy atom. The topological polar surface area (TPSA) is 85.2 Å². The Bertz CT molecular complexity index is 1100. The van der Waals surface area contributed by atoms with E-state index in [2.05, 4.69) is 15.6 Å². The van der Waals surface area contributed by atoms with Gasteiger partial charge in [-0.25, -0.2) is 14.6 Å². The van der Waals surface area contributed by atoms with E-state index in [1.54, 1.807) is 37.5 Å². The van der Waals surface area contributed by atoms with Gasteiger partial charge in [0.15, 0.2) is 0 Å². The van der Waals surface area contributed by atoms with Crippen LogP contribution in [0.4, 0.5) is 4.79 Å². The molecule has 2 aromatic carbocycles. The number of halogens is 1. The molecular weight excluding hydrogens is 392 g/mol. The zero-order valence-electron chi connectivity index (χ0n) is 15.7. The van der Waals surface area contributed by atoms with Crippen molar-refractivity contribution in [1.29, 1.82) is 0 Å². The van der Waals surface area contributed by atoms with Gasteiger partial charge in [-0.15, -0.1) is 0 Å². The van der Waals surface area contributed by atoms with Crippen LogP contribution in [0.3, 0.4) is 0 Å². The predicted octanol–water partition coefficient (Wildman–Crippen LogP) is 3.56. The molecule has 0 saturated carbocycles. The molecule has 1 aliphatic heterocycles. The molecule has 1 aromatic heterocycles. The number of esters is 1. The predicted molar refractivity (Wildman–Crippen MR) is 109 cm³/mol. The molecule has 3 aromatic rings. The monoisotopic (exact) mass is 410 g/mol. The van der Waals surface area contributed by atoms with Gasteiger partial charge in [-0.05, 0) is 36.8 Å². The first-order valence-corrected chi connectivity index (χ1v) is 9.57. The van der Waals surface area contributed by atoms with Crippen LogP contribution in [0.25, 0.3) is 11.0 Å². The zero-order valence-corrected chi connectivity index (χ0v) is 16.4. The second-order valence-corrected chi connectivity index (χ2v) is 6.99. The summed E-state index contributed by atoms with van der Waals surface area (Å²) in [4.78, 5) is 29.6. The molecule has 1 atom stereocenters. The van der Waals surface area contributed by atoms with Gasteiger partial charge in [0, 0.05) is 5.02 Å². The van der Waals surface area contributed by atoms with Crippen LogP contribution in [-0.4, -0.2) is 28.2 Å². The van der Waals surface area contributed by atoms with Gasteiger partial charge < -0.3 is 19.9 Å². The maximum atomic E-state index is 12.8. The van der Waals surface area contributed by atoms with E-state index in [1.165, 1.54) is 0 Å². The normalized spacial score (nSPS) is 16.5. The summed E-state index contributed by atoms with van der Waals surface area (Å²) in [7, 11) is 0. The third kappa shape index (κ3) is 3.82. The van der Waals surface area contributed by atoms with Crippen molar-refractivity contribution in [2.45, 2.75) is 19.5 Å². The minimum atomic E-state index is -0.648. The quantitative estimate of drug-likeness (QED) is 0.630. The number of urea groups is 1. The number of ether oxygens (including phenoxy) is 1. The zero-order chi connectivity index (χ0) is 20.4. The van der Waals surface area contributed by atoms with Crippen LogP contribution < -0.4 is 10.6 Å². The number of carbonyl (C=O) groups is 2. The van der Waals surface area contributed by atoms with Crippen LogP contribution in [0, 0.1) is 0 Å². The molecule has 2 N–H and O–H groups in total. The van der Waals surface area contributed by atoms with Gasteiger partial charge in [0.2, 0.25) is 0 Å². The molecule has 0 bridgehead atoms. The molecule has 8 heteroatoms. The molecule has 0 spiro atoms. The highest BCUT2D eigenvalue weighted by Crippen LogP contribution is 2.29. The summed E-state index contributed by atoms with van der Waals surface area (Å²) >= 11 is 5.99. The van der Waals surface area contributed by atoms with Gasteiger partial charge in [0.25, 0.3) is 0 Å². The number of carbonyl (C=O) groups excluding carboxylic acids is 2. The van der Waals surface area contributed by atoms with Crippen LogP contribution in [-0.2, 0) is 16.1 Å². The maximum Gasteiger partial charge on any atom is 0.338 e. The summed E-state index contributed by atoms with van der Waals surface area (Å²) in [6, 6.07) is 13.6. The highest BCUT2D eigenvalue weighted by atomic mass is 35.5. The SMILES string of the molecule is CCOC(=O)C1=C(Cn2cnc3ccccc32)NC(=O)NC1c1ccc(Cl)cc1. The largest absolute Gasteiger partial charge is 0.463 e. The van der Waals surface area contributed by atoms with Crippen molar-refractivity contribution in [2.24, 2.45) is 0 Å². The number of hydrogen-bond acceptors (Lipinski definition) is 4. The molecule has 0 aliphatic carbocycles. The van der Waals surface area contributed by atoms with E-state index < -0.39 is 18.0 Å².